The van der Waals surface area contributed by atoms with Crippen LogP contribution in [0.25, 0.3) is 0 Å². The van der Waals surface area contributed by atoms with Crippen LogP contribution in [-0.4, -0.2) is 40.8 Å². The zero-order valence-electron chi connectivity index (χ0n) is 13.2. The van der Waals surface area contributed by atoms with Crippen LogP contribution in [0.1, 0.15) is 11.5 Å². The average Bonchev–Trinajstić information content (AvgIpc) is 3.39. The van der Waals surface area contributed by atoms with Gasteiger partial charge in [0.15, 0.2) is 0 Å². The van der Waals surface area contributed by atoms with Crippen LogP contribution in [0.15, 0.2) is 45.6 Å². The SMILES string of the molecule is O=C1C(C2SC(=S)N(Cc3ccco3)C2=O)SC(=S)N1Cc1ccco1. The highest BCUT2D eigenvalue weighted by Gasteiger charge is 2.50. The lowest BCUT2D eigenvalue weighted by atomic mass is 10.2. The van der Waals surface area contributed by atoms with Gasteiger partial charge in [0.2, 0.25) is 11.8 Å². The Kier molecular flexibility index (Phi) is 4.91. The maximum atomic E-state index is 12.8. The first kappa shape index (κ1) is 17.8. The maximum Gasteiger partial charge on any atom is 0.243 e. The molecule has 6 nitrogen and oxygen atoms in total. The standard InChI is InChI=1S/C16H12N2O4S4/c19-13-11(25-15(23)17(13)7-9-3-1-5-21-9)12-14(20)18(16(24)26-12)8-10-4-2-6-22-10/h1-6,11-12H,7-8H2. The summed E-state index contributed by atoms with van der Waals surface area (Å²) in [7, 11) is 0. The fourth-order valence-electron chi connectivity index (χ4n) is 2.72. The third kappa shape index (κ3) is 3.22. The van der Waals surface area contributed by atoms with Gasteiger partial charge in [0.1, 0.15) is 30.7 Å². The van der Waals surface area contributed by atoms with Crippen molar-refractivity contribution >= 4 is 68.4 Å². The molecule has 0 N–H and O–H groups in total. The van der Waals surface area contributed by atoms with E-state index in [0.29, 0.717) is 20.2 Å². The molecule has 2 aromatic heterocycles. The predicted molar refractivity (Wildman–Crippen MR) is 106 cm³/mol. The highest BCUT2D eigenvalue weighted by atomic mass is 32.2. The second-order valence-electron chi connectivity index (χ2n) is 5.62. The molecule has 10 heteroatoms. The molecule has 2 saturated heterocycles. The molecule has 2 atom stereocenters. The summed E-state index contributed by atoms with van der Waals surface area (Å²) in [6.07, 6.45) is 3.09. The van der Waals surface area contributed by atoms with E-state index in [1.807, 2.05) is 0 Å². The van der Waals surface area contributed by atoms with Gasteiger partial charge in [-0.25, -0.2) is 0 Å². The van der Waals surface area contributed by atoms with Crippen molar-refractivity contribution < 1.29 is 18.4 Å². The third-order valence-electron chi connectivity index (χ3n) is 3.98. The Morgan fingerprint density at radius 2 is 1.27 bits per heavy atom. The Hall–Kier alpha value is -1.62. The summed E-state index contributed by atoms with van der Waals surface area (Å²) < 4.78 is 11.5. The highest BCUT2D eigenvalue weighted by molar-refractivity contribution is 8.27. The van der Waals surface area contributed by atoms with Gasteiger partial charge < -0.3 is 8.83 Å². The Morgan fingerprint density at radius 3 is 1.62 bits per heavy atom. The number of rotatable bonds is 5. The van der Waals surface area contributed by atoms with E-state index in [4.69, 9.17) is 33.3 Å². The van der Waals surface area contributed by atoms with Gasteiger partial charge in [-0.3, -0.25) is 19.4 Å². The van der Waals surface area contributed by atoms with Crippen LogP contribution in [0.3, 0.4) is 0 Å². The van der Waals surface area contributed by atoms with E-state index >= 15 is 0 Å². The molecule has 0 radical (unpaired) electrons. The summed E-state index contributed by atoms with van der Waals surface area (Å²) in [4.78, 5) is 28.6. The van der Waals surface area contributed by atoms with Crippen molar-refractivity contribution in [2.75, 3.05) is 0 Å². The molecule has 0 bridgehead atoms. The molecule has 0 spiro atoms. The molecule has 4 rings (SSSR count). The molecular weight excluding hydrogens is 412 g/mol. The van der Waals surface area contributed by atoms with Crippen molar-refractivity contribution in [2.24, 2.45) is 0 Å². The number of hydrogen-bond donors (Lipinski definition) is 0. The Balaban J connectivity index is 1.49. The Labute approximate surface area is 168 Å². The number of carbonyl (C=O) groups excluding carboxylic acids is 2. The minimum Gasteiger partial charge on any atom is -0.467 e. The van der Waals surface area contributed by atoms with Gasteiger partial charge in [-0.2, -0.15) is 0 Å². The van der Waals surface area contributed by atoms with E-state index in [-0.39, 0.29) is 24.9 Å². The van der Waals surface area contributed by atoms with Gasteiger partial charge in [-0.05, 0) is 24.3 Å². The molecule has 2 aliphatic rings. The van der Waals surface area contributed by atoms with Gasteiger partial charge in [0.25, 0.3) is 0 Å². The minimum absolute atomic E-state index is 0.190. The van der Waals surface area contributed by atoms with Crippen LogP contribution < -0.4 is 0 Å². The molecule has 0 aliphatic carbocycles. The van der Waals surface area contributed by atoms with Crippen LogP contribution in [0.5, 0.6) is 0 Å². The molecule has 2 unspecified atom stereocenters. The minimum atomic E-state index is -0.588. The molecular formula is C16H12N2O4S4. The van der Waals surface area contributed by atoms with Crippen molar-refractivity contribution in [1.29, 1.82) is 0 Å². The first-order valence-electron chi connectivity index (χ1n) is 7.63. The topological polar surface area (TPSA) is 66.9 Å². The van der Waals surface area contributed by atoms with Crippen molar-refractivity contribution in [3.8, 4) is 0 Å². The largest absolute Gasteiger partial charge is 0.467 e. The van der Waals surface area contributed by atoms with Crippen LogP contribution >= 0.6 is 48.0 Å². The van der Waals surface area contributed by atoms with Gasteiger partial charge in [0.05, 0.1) is 25.6 Å². The average molecular weight is 425 g/mol. The zero-order chi connectivity index (χ0) is 18.3. The first-order chi connectivity index (χ1) is 12.5. The van der Waals surface area contributed by atoms with E-state index in [1.165, 1.54) is 33.3 Å². The number of amides is 2. The summed E-state index contributed by atoms with van der Waals surface area (Å²) in [5, 5.41) is -1.18. The number of thiocarbonyl (C=S) groups is 2. The predicted octanol–water partition coefficient (Wildman–Crippen LogP) is 3.03. The van der Waals surface area contributed by atoms with E-state index in [9.17, 15) is 9.59 Å². The molecule has 2 aromatic rings. The van der Waals surface area contributed by atoms with Crippen molar-refractivity contribution in [3.05, 3.63) is 48.3 Å². The maximum absolute atomic E-state index is 12.8. The van der Waals surface area contributed by atoms with Gasteiger partial charge >= 0.3 is 0 Å². The summed E-state index contributed by atoms with van der Waals surface area (Å²) in [6.45, 7) is 0.528. The monoisotopic (exact) mass is 424 g/mol. The highest BCUT2D eigenvalue weighted by Crippen LogP contribution is 2.40. The zero-order valence-corrected chi connectivity index (χ0v) is 16.5. The molecule has 0 aromatic carbocycles. The second kappa shape index (κ2) is 7.18. The normalized spacial score (nSPS) is 23.5. The summed E-state index contributed by atoms with van der Waals surface area (Å²) in [6, 6.07) is 7.07. The summed E-state index contributed by atoms with van der Waals surface area (Å²) in [5.41, 5.74) is 0. The van der Waals surface area contributed by atoms with E-state index in [1.54, 1.807) is 36.8 Å². The molecule has 2 fully saturated rings. The van der Waals surface area contributed by atoms with E-state index < -0.39 is 10.5 Å². The Bertz CT molecular complexity index is 793. The van der Waals surface area contributed by atoms with Gasteiger partial charge in [-0.1, -0.05) is 48.0 Å². The first-order valence-corrected chi connectivity index (χ1v) is 10.2. The van der Waals surface area contributed by atoms with Crippen molar-refractivity contribution in [3.63, 3.8) is 0 Å². The summed E-state index contributed by atoms with van der Waals surface area (Å²) in [5.74, 6) is 0.902. The van der Waals surface area contributed by atoms with Crippen LogP contribution in [0, 0.1) is 0 Å². The third-order valence-corrected chi connectivity index (χ3v) is 7.47. The summed E-state index contributed by atoms with van der Waals surface area (Å²) >= 11 is 13.1. The smallest absolute Gasteiger partial charge is 0.243 e. The van der Waals surface area contributed by atoms with Crippen molar-refractivity contribution in [2.45, 2.75) is 23.6 Å². The molecule has 2 amide bonds. The number of hydrogen-bond acceptors (Lipinski definition) is 8. The van der Waals surface area contributed by atoms with Gasteiger partial charge in [-0.15, -0.1) is 0 Å². The molecule has 134 valence electrons. The second-order valence-corrected chi connectivity index (χ2v) is 9.17. The molecule has 26 heavy (non-hydrogen) atoms. The van der Waals surface area contributed by atoms with Crippen molar-refractivity contribution in [1.82, 2.24) is 9.80 Å². The lowest BCUT2D eigenvalue weighted by Gasteiger charge is -2.16. The molecule has 2 aliphatic heterocycles. The number of nitrogens with zero attached hydrogens (tertiary/aromatic N) is 2. The number of carbonyl (C=O) groups is 2. The number of thioether (sulfide) groups is 2. The number of furan rings is 2. The van der Waals surface area contributed by atoms with Crippen LogP contribution in [0.4, 0.5) is 0 Å². The van der Waals surface area contributed by atoms with E-state index in [2.05, 4.69) is 0 Å². The van der Waals surface area contributed by atoms with Crippen LogP contribution in [-0.2, 0) is 22.7 Å². The fraction of sp³-hybridized carbons (Fsp3) is 0.250. The van der Waals surface area contributed by atoms with Crippen LogP contribution in [0.2, 0.25) is 0 Å². The van der Waals surface area contributed by atoms with Gasteiger partial charge in [0, 0.05) is 0 Å². The Morgan fingerprint density at radius 1 is 0.846 bits per heavy atom. The van der Waals surface area contributed by atoms with E-state index in [0.717, 1.165) is 0 Å². The molecule has 0 saturated carbocycles. The molecule has 4 heterocycles. The lowest BCUT2D eigenvalue weighted by molar-refractivity contribution is -0.131. The fourth-order valence-corrected chi connectivity index (χ4v) is 5.92. The quantitative estimate of drug-likeness (QED) is 0.679. The lowest BCUT2D eigenvalue weighted by Crippen LogP contribution is -2.40.